The van der Waals surface area contributed by atoms with Crippen LogP contribution < -0.4 is 31.9 Å². The number of carbonyl (C=O) groups is 9. The number of anilines is 3. The Bertz CT molecular complexity index is 4700. The van der Waals surface area contributed by atoms with Crippen LogP contribution >= 0.6 is 0 Å². The van der Waals surface area contributed by atoms with Crippen molar-refractivity contribution in [3.8, 4) is 0 Å². The average molecular weight is 1610 g/mol. The number of nitrogens with zero attached hydrogens (tertiary/aromatic N) is 15. The molecule has 0 spiro atoms. The molecule has 3 aromatic carbocycles. The fourth-order valence-electron chi connectivity index (χ4n) is 16.0. The van der Waals surface area contributed by atoms with E-state index in [0.717, 1.165) is 16.7 Å². The molecule has 6 aromatic heterocycles. The summed E-state index contributed by atoms with van der Waals surface area (Å²) in [5.74, 6) is -3.93. The van der Waals surface area contributed by atoms with Crippen molar-refractivity contribution in [2.75, 3.05) is 55.2 Å². The Morgan fingerprint density at radius 2 is 0.624 bits per heavy atom. The van der Waals surface area contributed by atoms with Gasteiger partial charge in [-0.15, -0.1) is 0 Å². The lowest BCUT2D eigenvalue weighted by Crippen LogP contribution is -2.49. The second-order valence-corrected chi connectivity index (χ2v) is 28.3. The molecule has 12 unspecified atom stereocenters. The van der Waals surface area contributed by atoms with Crippen molar-refractivity contribution in [1.82, 2.24) is 89.2 Å². The Morgan fingerprint density at radius 1 is 0.359 bits per heavy atom. The lowest BCUT2D eigenvalue weighted by atomic mass is 10.1. The van der Waals surface area contributed by atoms with Crippen LogP contribution in [0.1, 0.15) is 114 Å². The molecule has 117 heavy (non-hydrogen) atoms. The number of ether oxygens (including phenoxy) is 9. The van der Waals surface area contributed by atoms with Crippen molar-refractivity contribution in [3.63, 3.8) is 0 Å². The summed E-state index contributed by atoms with van der Waals surface area (Å²) in [4.78, 5) is 155. The summed E-state index contributed by atoms with van der Waals surface area (Å²) in [6.45, 7) is 7.63. The van der Waals surface area contributed by atoms with E-state index in [9.17, 15) is 58.5 Å². The van der Waals surface area contributed by atoms with Gasteiger partial charge in [-0.05, 0) is 59.3 Å². The maximum atomic E-state index is 13.7. The molecular formula is C75H81N21O21. The van der Waals surface area contributed by atoms with E-state index in [1.807, 2.05) is 91.0 Å². The maximum absolute atomic E-state index is 13.7. The van der Waals surface area contributed by atoms with Gasteiger partial charge in [0.2, 0.25) is 0 Å². The van der Waals surface area contributed by atoms with Crippen molar-refractivity contribution in [2.45, 2.75) is 170 Å². The molecule has 0 aliphatic carbocycles. The number of urea groups is 3. The van der Waals surface area contributed by atoms with Crippen LogP contribution in [-0.4, -0.2) is 255 Å². The first-order valence-electron chi connectivity index (χ1n) is 38.2. The number of carboxylic acid groups (broad SMARTS) is 3. The first kappa shape index (κ1) is 78.5. The highest BCUT2D eigenvalue weighted by atomic mass is 16.8. The molecule has 9 fully saturated rings. The highest BCUT2D eigenvalue weighted by molar-refractivity contribution is 5.98. The number of aliphatic carboxylic acids is 3. The van der Waals surface area contributed by atoms with E-state index < -0.39 is 164 Å². The second kappa shape index (κ2) is 33.8. The fraction of sp³-hybridized carbons (Fsp3) is 0.440. The molecule has 9 amide bonds. The molecular weight excluding hydrogens is 1530 g/mol. The number of hydrogen-bond donors (Lipinski definition) is 9. The number of carboxylic acids is 3. The zero-order valence-corrected chi connectivity index (χ0v) is 62.9. The Labute approximate surface area is 663 Å². The first-order chi connectivity index (χ1) is 56.9. The number of rotatable bonds is 18. The minimum atomic E-state index is -1.11. The van der Waals surface area contributed by atoms with Gasteiger partial charge in [-0.3, -0.25) is 44.0 Å². The van der Waals surface area contributed by atoms with Crippen LogP contribution in [-0.2, 0) is 71.4 Å². The number of benzene rings is 3. The highest BCUT2D eigenvalue weighted by Gasteiger charge is 2.62. The van der Waals surface area contributed by atoms with E-state index in [2.05, 4.69) is 76.8 Å². The standard InChI is InChI=1S/3C25H27N7O7/c3*1-2-26-25(36)30-19-15-20(28-11-27-19)32(12-29-15)22-18-16(38-24(39-18)13-7-4-3-5-8-13)17(37-22)21(33)31-10-6-9-14(31)23(34)35/h3*3-5,7-8,11-12,14,16-18,22,24H,2,6,9-10H2,1H3,(H,34,35)(H2,26,27,28,30,36)/t2*14-,16?,17?,18?,22?,24+;14-,16?,17?,18?,22?,24-/m100/s1. The average Bonchev–Trinajstić information content (AvgIpc) is 1.59. The third kappa shape index (κ3) is 15.4. The molecule has 9 saturated heterocycles. The van der Waals surface area contributed by atoms with Crippen molar-refractivity contribution in [2.24, 2.45) is 0 Å². The zero-order chi connectivity index (χ0) is 81.3. The van der Waals surface area contributed by atoms with Crippen molar-refractivity contribution < 1.29 is 101 Å². The molecule has 15 heterocycles. The summed E-state index contributed by atoms with van der Waals surface area (Å²) in [6, 6.07) is 23.9. The SMILES string of the molecule is CCNC(=O)Nc1ncnc2c1ncn2C1OC(C(=O)N2CCC[C@@H]2C(=O)O)C2O[C@H](c3ccccc3)OC21.CCNC(=O)Nc1ncnc2c1ncn2C1OC(C(=O)N2CCC[C@H]2C(=O)O)C2O[C@@H](c3ccccc3)OC21.CCNC(=O)Nc1ncnc2c1ncn2C1OC(C(=O)N2CCC[C@H]2C(=O)O)C2O[C@H](c3ccccc3)OC21. The quantitative estimate of drug-likeness (QED) is 0.0579. The van der Waals surface area contributed by atoms with Crippen LogP contribution in [0.25, 0.3) is 33.5 Å². The van der Waals surface area contributed by atoms with Crippen LogP contribution in [0.4, 0.5) is 31.8 Å². The lowest BCUT2D eigenvalue weighted by Gasteiger charge is -2.27. The fourth-order valence-corrected chi connectivity index (χ4v) is 16.0. The van der Waals surface area contributed by atoms with Gasteiger partial charge in [0.15, 0.2) is 107 Å². The van der Waals surface area contributed by atoms with E-state index in [4.69, 9.17) is 42.6 Å². The van der Waals surface area contributed by atoms with Crippen LogP contribution in [0.5, 0.6) is 0 Å². The van der Waals surface area contributed by atoms with Gasteiger partial charge < -0.3 is 88.6 Å². The Hall–Kier alpha value is -12.4. The van der Waals surface area contributed by atoms with Gasteiger partial charge in [0, 0.05) is 56.0 Å². The minimum absolute atomic E-state index is 0.207. The van der Waals surface area contributed by atoms with Crippen LogP contribution in [0.2, 0.25) is 0 Å². The van der Waals surface area contributed by atoms with Crippen molar-refractivity contribution in [3.05, 3.63) is 146 Å². The summed E-state index contributed by atoms with van der Waals surface area (Å²) >= 11 is 0. The van der Waals surface area contributed by atoms with Gasteiger partial charge in [-0.25, -0.2) is 73.6 Å². The maximum Gasteiger partial charge on any atom is 0.326 e. The zero-order valence-electron chi connectivity index (χ0n) is 62.9. The number of amides is 9. The van der Waals surface area contributed by atoms with Gasteiger partial charge in [0.25, 0.3) is 17.7 Å². The molecule has 9 N–H and O–H groups in total. The summed E-state index contributed by atoms with van der Waals surface area (Å²) in [5.41, 5.74) is 4.33. The highest BCUT2D eigenvalue weighted by Crippen LogP contribution is 2.50. The molecule has 0 bridgehead atoms. The minimum Gasteiger partial charge on any atom is -0.480 e. The topological polar surface area (TPSA) is 510 Å². The number of likely N-dealkylation sites (tertiary alicyclic amines) is 3. The lowest BCUT2D eigenvalue weighted by molar-refractivity contribution is -0.171. The third-order valence-electron chi connectivity index (χ3n) is 21.3. The largest absolute Gasteiger partial charge is 0.480 e. The second-order valence-electron chi connectivity index (χ2n) is 28.3. The summed E-state index contributed by atoms with van der Waals surface area (Å²) < 4.78 is 61.2. The van der Waals surface area contributed by atoms with Crippen molar-refractivity contribution >= 4 is 105 Å². The number of imidazole rings is 3. The monoisotopic (exact) mass is 1610 g/mol. The van der Waals surface area contributed by atoms with Gasteiger partial charge in [0.05, 0.1) is 19.0 Å². The molecule has 612 valence electrons. The number of aromatic nitrogens is 12. The molecule has 42 heteroatoms. The van der Waals surface area contributed by atoms with Crippen LogP contribution in [0, 0.1) is 0 Å². The van der Waals surface area contributed by atoms with E-state index >= 15 is 0 Å². The molecule has 18 atom stereocenters. The van der Waals surface area contributed by atoms with Gasteiger partial charge in [-0.1, -0.05) is 91.0 Å². The Morgan fingerprint density at radius 3 is 0.880 bits per heavy atom. The first-order valence-corrected chi connectivity index (χ1v) is 38.2. The Kier molecular flexibility index (Phi) is 22.7. The molecule has 9 aliphatic heterocycles. The van der Waals surface area contributed by atoms with E-state index in [1.165, 1.54) is 52.7 Å². The molecule has 0 radical (unpaired) electrons. The summed E-state index contributed by atoms with van der Waals surface area (Å²) in [5, 5.41) is 44.8. The normalized spacial score (nSPS) is 28.0. The smallest absolute Gasteiger partial charge is 0.326 e. The number of nitrogens with one attached hydrogen (secondary N) is 6. The van der Waals surface area contributed by atoms with E-state index in [1.54, 1.807) is 34.5 Å². The summed E-state index contributed by atoms with van der Waals surface area (Å²) in [6.07, 6.45) is -1.67. The molecule has 9 aromatic rings. The van der Waals surface area contributed by atoms with Gasteiger partial charge in [0.1, 0.15) is 73.7 Å². The molecule has 9 aliphatic rings. The predicted octanol–water partition coefficient (Wildman–Crippen LogP) is 4.27. The van der Waals surface area contributed by atoms with E-state index in [-0.39, 0.29) is 17.5 Å². The van der Waals surface area contributed by atoms with Gasteiger partial charge in [-0.2, -0.15) is 0 Å². The van der Waals surface area contributed by atoms with E-state index in [0.29, 0.717) is 111 Å². The van der Waals surface area contributed by atoms with Crippen molar-refractivity contribution in [1.29, 1.82) is 0 Å². The predicted molar refractivity (Wildman–Crippen MR) is 400 cm³/mol. The molecule has 18 rings (SSSR count). The number of carbonyl (C=O) groups excluding carboxylic acids is 6. The molecule has 0 saturated carbocycles. The van der Waals surface area contributed by atoms with Crippen LogP contribution in [0.15, 0.2) is 129 Å². The Balaban J connectivity index is 0.000000131. The van der Waals surface area contributed by atoms with Gasteiger partial charge >= 0.3 is 36.0 Å². The number of fused-ring (bicyclic) bond motifs is 6. The number of hydrogen-bond acceptors (Lipinski definition) is 27. The summed E-state index contributed by atoms with van der Waals surface area (Å²) in [7, 11) is 0. The third-order valence-corrected chi connectivity index (χ3v) is 21.3. The van der Waals surface area contributed by atoms with Crippen LogP contribution in [0.3, 0.4) is 0 Å². The molecule has 42 nitrogen and oxygen atoms in total.